The second-order valence-electron chi connectivity index (χ2n) is 4.10. The molecule has 1 N–H and O–H groups in total. The quantitative estimate of drug-likeness (QED) is 0.547. The zero-order chi connectivity index (χ0) is 7.78. The molecule has 1 nitrogen and oxygen atoms in total. The van der Waals surface area contributed by atoms with Crippen LogP contribution in [0, 0.1) is 5.41 Å². The van der Waals surface area contributed by atoms with Crippen molar-refractivity contribution in [2.24, 2.45) is 5.41 Å². The fourth-order valence-corrected chi connectivity index (χ4v) is 1.52. The molecule has 0 aromatic carbocycles. The minimum atomic E-state index is -0.639. The molecule has 0 aliphatic carbocycles. The van der Waals surface area contributed by atoms with Crippen molar-refractivity contribution >= 4 is 0 Å². The van der Waals surface area contributed by atoms with Gasteiger partial charge in [0.05, 0.1) is 0 Å². The second-order valence-corrected chi connectivity index (χ2v) is 4.10. The summed E-state index contributed by atoms with van der Waals surface area (Å²) < 4.78 is 13.0. The van der Waals surface area contributed by atoms with Gasteiger partial charge in [0.1, 0.15) is 6.17 Å². The summed E-state index contributed by atoms with van der Waals surface area (Å²) in [5.74, 6) is 0. The van der Waals surface area contributed by atoms with Gasteiger partial charge in [-0.1, -0.05) is 20.8 Å². The van der Waals surface area contributed by atoms with Crippen molar-refractivity contribution in [3.63, 3.8) is 0 Å². The van der Waals surface area contributed by atoms with E-state index >= 15 is 0 Å². The molecule has 2 unspecified atom stereocenters. The Bertz CT molecular complexity index is 117. The van der Waals surface area contributed by atoms with Gasteiger partial charge in [-0.3, -0.25) is 0 Å². The number of nitrogens with one attached hydrogen (secondary N) is 1. The third-order valence-corrected chi connectivity index (χ3v) is 2.08. The van der Waals surface area contributed by atoms with Crippen LogP contribution in [0.25, 0.3) is 0 Å². The van der Waals surface area contributed by atoms with Crippen LogP contribution in [0.3, 0.4) is 0 Å². The van der Waals surface area contributed by atoms with Crippen LogP contribution >= 0.6 is 0 Å². The molecule has 2 atom stereocenters. The SMILES string of the molecule is CC(C)(C)C1NCCC1F. The Labute approximate surface area is 62.0 Å². The molecule has 1 fully saturated rings. The van der Waals surface area contributed by atoms with E-state index in [-0.39, 0.29) is 11.5 Å². The van der Waals surface area contributed by atoms with Crippen LogP contribution in [0.5, 0.6) is 0 Å². The molecule has 0 spiro atoms. The molecule has 0 bridgehead atoms. The summed E-state index contributed by atoms with van der Waals surface area (Å²) in [4.78, 5) is 0. The van der Waals surface area contributed by atoms with Crippen molar-refractivity contribution in [2.75, 3.05) is 6.54 Å². The summed E-state index contributed by atoms with van der Waals surface area (Å²) in [5.41, 5.74) is 0.0654. The number of rotatable bonds is 0. The Hall–Kier alpha value is -0.110. The van der Waals surface area contributed by atoms with Crippen LogP contribution in [-0.4, -0.2) is 18.8 Å². The minimum Gasteiger partial charge on any atom is -0.311 e. The van der Waals surface area contributed by atoms with E-state index in [2.05, 4.69) is 26.1 Å². The van der Waals surface area contributed by atoms with Crippen LogP contribution in [0.1, 0.15) is 27.2 Å². The van der Waals surface area contributed by atoms with Gasteiger partial charge in [-0.05, 0) is 18.4 Å². The average molecular weight is 145 g/mol. The lowest BCUT2D eigenvalue weighted by Gasteiger charge is -2.28. The molecule has 0 amide bonds. The lowest BCUT2D eigenvalue weighted by atomic mass is 9.85. The molecule has 1 aliphatic rings. The topological polar surface area (TPSA) is 12.0 Å². The summed E-state index contributed by atoms with van der Waals surface area (Å²) in [6.45, 7) is 7.05. The number of alkyl halides is 1. The van der Waals surface area contributed by atoms with Gasteiger partial charge in [-0.25, -0.2) is 4.39 Å². The van der Waals surface area contributed by atoms with Gasteiger partial charge in [0, 0.05) is 6.04 Å². The normalized spacial score (nSPS) is 34.8. The highest BCUT2D eigenvalue weighted by atomic mass is 19.1. The highest BCUT2D eigenvalue weighted by molar-refractivity contribution is 4.91. The van der Waals surface area contributed by atoms with E-state index in [9.17, 15) is 4.39 Å². The number of hydrogen-bond acceptors (Lipinski definition) is 1. The molecule has 0 saturated carbocycles. The van der Waals surface area contributed by atoms with E-state index in [4.69, 9.17) is 0 Å². The monoisotopic (exact) mass is 145 g/mol. The maximum Gasteiger partial charge on any atom is 0.117 e. The molecule has 1 saturated heterocycles. The van der Waals surface area contributed by atoms with Crippen LogP contribution in [0.4, 0.5) is 4.39 Å². The molecular formula is C8H16FN. The van der Waals surface area contributed by atoms with Crippen molar-refractivity contribution in [1.82, 2.24) is 5.32 Å². The van der Waals surface area contributed by atoms with E-state index in [1.165, 1.54) is 0 Å². The number of halogens is 1. The van der Waals surface area contributed by atoms with Gasteiger partial charge < -0.3 is 5.32 Å². The van der Waals surface area contributed by atoms with Crippen LogP contribution < -0.4 is 5.32 Å². The molecule has 1 aliphatic heterocycles. The first-order valence-electron chi connectivity index (χ1n) is 3.89. The molecule has 2 heteroatoms. The fraction of sp³-hybridized carbons (Fsp3) is 1.00. The van der Waals surface area contributed by atoms with E-state index in [1.54, 1.807) is 0 Å². The molecule has 1 heterocycles. The fourth-order valence-electron chi connectivity index (χ4n) is 1.52. The molecular weight excluding hydrogens is 129 g/mol. The van der Waals surface area contributed by atoms with Gasteiger partial charge in [0.25, 0.3) is 0 Å². The summed E-state index contributed by atoms with van der Waals surface area (Å²) >= 11 is 0. The summed E-state index contributed by atoms with van der Waals surface area (Å²) in [6, 6.07) is 0.0625. The average Bonchev–Trinajstić information content (AvgIpc) is 2.11. The predicted octanol–water partition coefficient (Wildman–Crippen LogP) is 1.73. The Morgan fingerprint density at radius 2 is 2.00 bits per heavy atom. The second kappa shape index (κ2) is 2.50. The molecule has 0 aromatic heterocycles. The smallest absolute Gasteiger partial charge is 0.117 e. The zero-order valence-electron chi connectivity index (χ0n) is 6.95. The van der Waals surface area contributed by atoms with Crippen molar-refractivity contribution < 1.29 is 4.39 Å². The standard InChI is InChI=1S/C8H16FN/c1-8(2,3)7-6(9)4-5-10-7/h6-7,10H,4-5H2,1-3H3. The van der Waals surface area contributed by atoms with Crippen LogP contribution in [0.2, 0.25) is 0 Å². The Balaban J connectivity index is 2.55. The predicted molar refractivity (Wildman–Crippen MR) is 40.8 cm³/mol. The third kappa shape index (κ3) is 1.48. The lowest BCUT2D eigenvalue weighted by Crippen LogP contribution is -2.40. The van der Waals surface area contributed by atoms with E-state index < -0.39 is 6.17 Å². The Morgan fingerprint density at radius 1 is 1.40 bits per heavy atom. The van der Waals surface area contributed by atoms with E-state index in [0.717, 1.165) is 6.54 Å². The summed E-state index contributed by atoms with van der Waals surface area (Å²) in [5, 5.41) is 3.17. The lowest BCUT2D eigenvalue weighted by molar-refractivity contribution is 0.190. The largest absolute Gasteiger partial charge is 0.311 e. The Morgan fingerprint density at radius 3 is 2.20 bits per heavy atom. The highest BCUT2D eigenvalue weighted by Gasteiger charge is 2.35. The van der Waals surface area contributed by atoms with Crippen LogP contribution in [-0.2, 0) is 0 Å². The summed E-state index contributed by atoms with van der Waals surface area (Å²) in [7, 11) is 0. The van der Waals surface area contributed by atoms with Crippen molar-refractivity contribution in [1.29, 1.82) is 0 Å². The molecule has 0 radical (unpaired) electrons. The van der Waals surface area contributed by atoms with Gasteiger partial charge >= 0.3 is 0 Å². The minimum absolute atomic E-state index is 0.0625. The van der Waals surface area contributed by atoms with E-state index in [1.807, 2.05) is 0 Å². The maximum absolute atomic E-state index is 13.0. The first-order chi connectivity index (χ1) is 4.52. The Kier molecular flexibility index (Phi) is 1.99. The first kappa shape index (κ1) is 7.99. The van der Waals surface area contributed by atoms with Crippen molar-refractivity contribution in [3.05, 3.63) is 0 Å². The molecule has 60 valence electrons. The zero-order valence-corrected chi connectivity index (χ0v) is 6.95. The molecule has 1 rings (SSSR count). The number of hydrogen-bond donors (Lipinski definition) is 1. The molecule has 10 heavy (non-hydrogen) atoms. The maximum atomic E-state index is 13.0. The third-order valence-electron chi connectivity index (χ3n) is 2.08. The van der Waals surface area contributed by atoms with Gasteiger partial charge in [-0.2, -0.15) is 0 Å². The first-order valence-corrected chi connectivity index (χ1v) is 3.89. The van der Waals surface area contributed by atoms with Gasteiger partial charge in [0.2, 0.25) is 0 Å². The highest BCUT2D eigenvalue weighted by Crippen LogP contribution is 2.27. The van der Waals surface area contributed by atoms with Gasteiger partial charge in [-0.15, -0.1) is 0 Å². The van der Waals surface area contributed by atoms with Crippen molar-refractivity contribution in [3.8, 4) is 0 Å². The van der Waals surface area contributed by atoms with Crippen LogP contribution in [0.15, 0.2) is 0 Å². The van der Waals surface area contributed by atoms with Crippen molar-refractivity contribution in [2.45, 2.75) is 39.4 Å². The van der Waals surface area contributed by atoms with E-state index in [0.29, 0.717) is 6.42 Å². The summed E-state index contributed by atoms with van der Waals surface area (Å²) in [6.07, 6.45) is 0.0436. The van der Waals surface area contributed by atoms with Gasteiger partial charge in [0.15, 0.2) is 0 Å². The molecule has 0 aromatic rings.